The summed E-state index contributed by atoms with van der Waals surface area (Å²) in [6.45, 7) is 35.9. The molecule has 0 spiro atoms. The Morgan fingerprint density at radius 2 is 1.76 bits per heavy atom. The van der Waals surface area contributed by atoms with Crippen LogP contribution in [0.1, 0.15) is 107 Å². The molecule has 0 heteroatoms. The maximum absolute atomic E-state index is 4.45. The molecule has 0 amide bonds. The molecule has 0 saturated heterocycles. The fraction of sp³-hybridized carbons (Fsp3) is 0.697. The van der Waals surface area contributed by atoms with Crippen LogP contribution in [0.3, 0.4) is 0 Å². The highest BCUT2D eigenvalue weighted by atomic mass is 14.4. The maximum atomic E-state index is 4.45. The molecule has 1 aliphatic rings. The molecule has 33 heavy (non-hydrogen) atoms. The minimum atomic E-state index is 0.0516. The molecule has 0 aliphatic heterocycles. The fourth-order valence-electron chi connectivity index (χ4n) is 5.18. The van der Waals surface area contributed by atoms with Crippen LogP contribution < -0.4 is 0 Å². The van der Waals surface area contributed by atoms with Gasteiger partial charge in [-0.05, 0) is 93.3 Å². The van der Waals surface area contributed by atoms with Gasteiger partial charge in [-0.1, -0.05) is 103 Å². The lowest BCUT2D eigenvalue weighted by atomic mass is 9.60. The van der Waals surface area contributed by atoms with Crippen LogP contribution in [0.2, 0.25) is 0 Å². The van der Waals surface area contributed by atoms with Crippen molar-refractivity contribution in [1.82, 2.24) is 0 Å². The Kier molecular flexibility index (Phi) is 11.7. The predicted molar refractivity (Wildman–Crippen MR) is 151 cm³/mol. The lowest BCUT2D eigenvalue weighted by Crippen LogP contribution is -2.36. The fourth-order valence-corrected chi connectivity index (χ4v) is 5.18. The van der Waals surface area contributed by atoms with E-state index in [0.29, 0.717) is 29.1 Å². The Bertz CT molecular complexity index is 702. The summed E-state index contributed by atoms with van der Waals surface area (Å²) in [4.78, 5) is 0. The van der Waals surface area contributed by atoms with Crippen molar-refractivity contribution in [2.45, 2.75) is 107 Å². The average Bonchev–Trinajstić information content (AvgIpc) is 2.76. The van der Waals surface area contributed by atoms with E-state index in [0.717, 1.165) is 31.6 Å². The van der Waals surface area contributed by atoms with E-state index >= 15 is 0 Å². The van der Waals surface area contributed by atoms with Crippen molar-refractivity contribution >= 4 is 0 Å². The summed E-state index contributed by atoms with van der Waals surface area (Å²) >= 11 is 0. The molecule has 0 radical (unpaired) electrons. The van der Waals surface area contributed by atoms with Gasteiger partial charge in [0.05, 0.1) is 0 Å². The summed E-state index contributed by atoms with van der Waals surface area (Å²) in [5, 5.41) is 0. The molecule has 0 bridgehead atoms. The highest BCUT2D eigenvalue weighted by Gasteiger charge is 2.39. The molecule has 188 valence electrons. The van der Waals surface area contributed by atoms with Crippen LogP contribution in [0.25, 0.3) is 0 Å². The summed E-state index contributed by atoms with van der Waals surface area (Å²) in [7, 11) is 0. The summed E-state index contributed by atoms with van der Waals surface area (Å²) in [6, 6.07) is 0. The van der Waals surface area contributed by atoms with E-state index in [1.807, 2.05) is 0 Å². The molecule has 6 unspecified atom stereocenters. The monoisotopic (exact) mass is 452 g/mol. The van der Waals surface area contributed by atoms with Gasteiger partial charge in [-0.3, -0.25) is 0 Å². The van der Waals surface area contributed by atoms with E-state index in [4.69, 9.17) is 0 Å². The quantitative estimate of drug-likeness (QED) is 0.230. The topological polar surface area (TPSA) is 0 Å². The van der Waals surface area contributed by atoms with E-state index in [2.05, 4.69) is 99.9 Å². The molecule has 1 aliphatic carbocycles. The Balaban J connectivity index is 2.58. The second-order valence-electron chi connectivity index (χ2n) is 12.5. The third kappa shape index (κ3) is 9.11. The van der Waals surface area contributed by atoms with Gasteiger partial charge in [0.15, 0.2) is 0 Å². The van der Waals surface area contributed by atoms with Gasteiger partial charge in [0, 0.05) is 5.41 Å². The van der Waals surface area contributed by atoms with Crippen molar-refractivity contribution in [2.75, 3.05) is 0 Å². The first kappa shape index (κ1) is 29.7. The molecule has 0 nitrogen and oxygen atoms in total. The second kappa shape index (κ2) is 13.0. The van der Waals surface area contributed by atoms with E-state index < -0.39 is 0 Å². The van der Waals surface area contributed by atoms with Gasteiger partial charge in [-0.25, -0.2) is 0 Å². The summed E-state index contributed by atoms with van der Waals surface area (Å²) in [5.74, 6) is 3.15. The van der Waals surface area contributed by atoms with Crippen LogP contribution in [-0.2, 0) is 0 Å². The molecular formula is C33H56. The SMILES string of the molecule is C=CC(C)(C=CC(C)CCC1C(=C)CCC(C)C1(C)C)CCC(C)C(=C)CCC(C)C(=C)C. The normalized spacial score (nSPS) is 25.3. The molecule has 1 fully saturated rings. The number of hydrogen-bond acceptors (Lipinski definition) is 0. The molecule has 0 aromatic rings. The first-order valence-corrected chi connectivity index (χ1v) is 13.6. The number of hydrogen-bond donors (Lipinski definition) is 0. The van der Waals surface area contributed by atoms with Crippen molar-refractivity contribution in [2.24, 2.45) is 40.4 Å². The smallest absolute Gasteiger partial charge is 0.00303 e. The minimum absolute atomic E-state index is 0.0516. The lowest BCUT2D eigenvalue weighted by Gasteiger charge is -2.45. The van der Waals surface area contributed by atoms with Crippen LogP contribution in [0, 0.1) is 40.4 Å². The first-order valence-electron chi connectivity index (χ1n) is 13.6. The third-order valence-corrected chi connectivity index (χ3v) is 9.29. The van der Waals surface area contributed by atoms with Crippen molar-refractivity contribution in [3.63, 3.8) is 0 Å². The van der Waals surface area contributed by atoms with Crippen LogP contribution >= 0.6 is 0 Å². The standard InChI is InChI=1S/C33H56/c1-13-33(12,23-21-28(7)27(6)16-15-26(5)24(2)3)22-20-25(4)14-19-31-29(8)17-18-30(9)32(31,10)11/h13,20,22,25-26,28,30-31H,1-2,6,8,14-19,21,23H2,3-5,7,9-12H3. The van der Waals surface area contributed by atoms with Crippen LogP contribution in [0.15, 0.2) is 61.3 Å². The summed E-state index contributed by atoms with van der Waals surface area (Å²) < 4.78 is 0. The Morgan fingerprint density at radius 1 is 1.12 bits per heavy atom. The van der Waals surface area contributed by atoms with Gasteiger partial charge in [0.1, 0.15) is 0 Å². The molecular weight excluding hydrogens is 396 g/mol. The van der Waals surface area contributed by atoms with Crippen molar-refractivity contribution < 1.29 is 0 Å². The third-order valence-electron chi connectivity index (χ3n) is 9.29. The van der Waals surface area contributed by atoms with Gasteiger partial charge in [-0.15, -0.1) is 6.58 Å². The van der Waals surface area contributed by atoms with Crippen LogP contribution in [-0.4, -0.2) is 0 Å². The average molecular weight is 453 g/mol. The molecule has 0 N–H and O–H groups in total. The van der Waals surface area contributed by atoms with Crippen molar-refractivity contribution in [3.05, 3.63) is 61.3 Å². The predicted octanol–water partition coefficient (Wildman–Crippen LogP) is 10.7. The highest BCUT2D eigenvalue weighted by molar-refractivity contribution is 5.12. The van der Waals surface area contributed by atoms with Crippen LogP contribution in [0.4, 0.5) is 0 Å². The zero-order valence-corrected chi connectivity index (χ0v) is 23.6. The van der Waals surface area contributed by atoms with E-state index in [1.165, 1.54) is 42.4 Å². The van der Waals surface area contributed by atoms with Crippen molar-refractivity contribution in [1.29, 1.82) is 0 Å². The highest BCUT2D eigenvalue weighted by Crippen LogP contribution is 2.49. The summed E-state index contributed by atoms with van der Waals surface area (Å²) in [6.07, 6.45) is 16.6. The molecule has 0 aromatic heterocycles. The number of rotatable bonds is 14. The molecule has 1 saturated carbocycles. The van der Waals surface area contributed by atoms with Gasteiger partial charge >= 0.3 is 0 Å². The van der Waals surface area contributed by atoms with Crippen molar-refractivity contribution in [3.8, 4) is 0 Å². The maximum Gasteiger partial charge on any atom is 0.00303 e. The second-order valence-corrected chi connectivity index (χ2v) is 12.5. The van der Waals surface area contributed by atoms with Gasteiger partial charge in [0.2, 0.25) is 0 Å². The molecule has 0 aromatic carbocycles. The number of allylic oxidation sites excluding steroid dienone is 6. The zero-order valence-electron chi connectivity index (χ0n) is 23.6. The summed E-state index contributed by atoms with van der Waals surface area (Å²) in [5.41, 5.74) is 4.57. The largest absolute Gasteiger partial charge is 0.102 e. The van der Waals surface area contributed by atoms with Gasteiger partial charge < -0.3 is 0 Å². The zero-order chi connectivity index (χ0) is 25.4. The van der Waals surface area contributed by atoms with Gasteiger partial charge in [-0.2, -0.15) is 0 Å². The first-order chi connectivity index (χ1) is 15.2. The Labute approximate surface area is 208 Å². The van der Waals surface area contributed by atoms with E-state index in [1.54, 1.807) is 0 Å². The van der Waals surface area contributed by atoms with Gasteiger partial charge in [0.25, 0.3) is 0 Å². The molecule has 6 atom stereocenters. The van der Waals surface area contributed by atoms with E-state index in [9.17, 15) is 0 Å². The Hall–Kier alpha value is -1.30. The minimum Gasteiger partial charge on any atom is -0.102 e. The lowest BCUT2D eigenvalue weighted by molar-refractivity contribution is 0.103. The molecule has 0 heterocycles. The Morgan fingerprint density at radius 3 is 2.33 bits per heavy atom. The van der Waals surface area contributed by atoms with E-state index in [-0.39, 0.29) is 5.41 Å². The van der Waals surface area contributed by atoms with Crippen LogP contribution in [0.5, 0.6) is 0 Å². The molecule has 1 rings (SSSR count).